The van der Waals surface area contributed by atoms with E-state index in [4.69, 9.17) is 9.84 Å². The number of aliphatic carboxylic acids is 1. The Hall–Kier alpha value is -3.90. The molecule has 1 amide bonds. The van der Waals surface area contributed by atoms with E-state index in [1.165, 1.54) is 11.6 Å². The molecule has 0 bridgehead atoms. The number of fused-ring (bicyclic) bond motifs is 1. The number of carboxylic acids is 1. The molecule has 178 valence electrons. The van der Waals surface area contributed by atoms with Crippen LogP contribution in [0.2, 0.25) is 0 Å². The first-order chi connectivity index (χ1) is 17.0. The average molecular weight is 469 g/mol. The second-order valence-electron chi connectivity index (χ2n) is 9.11. The van der Waals surface area contributed by atoms with Gasteiger partial charge in [0, 0.05) is 45.1 Å². The lowest BCUT2D eigenvalue weighted by molar-refractivity contribution is -0.131. The van der Waals surface area contributed by atoms with Crippen molar-refractivity contribution >= 4 is 18.0 Å². The van der Waals surface area contributed by atoms with Gasteiger partial charge in [0.05, 0.1) is 5.56 Å². The summed E-state index contributed by atoms with van der Waals surface area (Å²) < 4.78 is 6.63. The third kappa shape index (κ3) is 4.98. The molecule has 2 aliphatic rings. The fourth-order valence-corrected chi connectivity index (χ4v) is 4.92. The molecule has 1 fully saturated rings. The van der Waals surface area contributed by atoms with Crippen LogP contribution in [-0.2, 0) is 17.9 Å². The molecule has 0 saturated carbocycles. The van der Waals surface area contributed by atoms with Crippen LogP contribution in [0, 0.1) is 0 Å². The van der Waals surface area contributed by atoms with Crippen molar-refractivity contribution in [2.75, 3.05) is 13.1 Å². The molecular formula is C29H28N2O4. The predicted octanol–water partition coefficient (Wildman–Crippen LogP) is 4.81. The highest BCUT2D eigenvalue weighted by Crippen LogP contribution is 2.41. The summed E-state index contributed by atoms with van der Waals surface area (Å²) in [4.78, 5) is 29.1. The Bertz CT molecular complexity index is 1230. The molecule has 0 atom stereocenters. The fourth-order valence-electron chi connectivity index (χ4n) is 4.92. The Kier molecular flexibility index (Phi) is 6.38. The van der Waals surface area contributed by atoms with Crippen molar-refractivity contribution in [3.05, 3.63) is 107 Å². The second kappa shape index (κ2) is 9.76. The number of amides is 1. The number of piperidine rings is 1. The smallest absolute Gasteiger partial charge is 0.328 e. The molecule has 0 aliphatic carbocycles. The number of benzene rings is 3. The van der Waals surface area contributed by atoms with E-state index in [0.29, 0.717) is 36.3 Å². The zero-order valence-corrected chi connectivity index (χ0v) is 19.5. The molecule has 1 saturated heterocycles. The maximum Gasteiger partial charge on any atom is 0.328 e. The number of hydrogen-bond acceptors (Lipinski definition) is 4. The maximum atomic E-state index is 13.8. The minimum Gasteiger partial charge on any atom is -0.478 e. The van der Waals surface area contributed by atoms with Crippen LogP contribution in [0.1, 0.15) is 39.9 Å². The second-order valence-corrected chi connectivity index (χ2v) is 9.11. The number of carbonyl (C=O) groups is 2. The van der Waals surface area contributed by atoms with Crippen molar-refractivity contribution in [1.82, 2.24) is 9.80 Å². The largest absolute Gasteiger partial charge is 0.478 e. The molecule has 0 radical (unpaired) electrons. The number of rotatable bonds is 6. The lowest BCUT2D eigenvalue weighted by atomic mass is 9.93. The van der Waals surface area contributed by atoms with Crippen molar-refractivity contribution < 1.29 is 19.4 Å². The zero-order valence-electron chi connectivity index (χ0n) is 19.5. The summed E-state index contributed by atoms with van der Waals surface area (Å²) >= 11 is 0. The van der Waals surface area contributed by atoms with Crippen LogP contribution in [0.25, 0.3) is 6.08 Å². The van der Waals surface area contributed by atoms with E-state index in [9.17, 15) is 9.59 Å². The molecule has 3 aromatic rings. The first kappa shape index (κ1) is 22.9. The van der Waals surface area contributed by atoms with Gasteiger partial charge in [-0.25, -0.2) is 4.79 Å². The van der Waals surface area contributed by atoms with Gasteiger partial charge in [-0.2, -0.15) is 0 Å². The van der Waals surface area contributed by atoms with Crippen LogP contribution in [-0.4, -0.2) is 45.6 Å². The number of likely N-dealkylation sites (tertiary alicyclic amines) is 1. The van der Waals surface area contributed by atoms with Gasteiger partial charge in [0.2, 0.25) is 0 Å². The fraction of sp³-hybridized carbons (Fsp3) is 0.241. The van der Waals surface area contributed by atoms with Crippen molar-refractivity contribution in [3.8, 4) is 5.75 Å². The van der Waals surface area contributed by atoms with E-state index in [-0.39, 0.29) is 5.91 Å². The van der Waals surface area contributed by atoms with Crippen molar-refractivity contribution in [2.45, 2.75) is 31.7 Å². The highest BCUT2D eigenvalue weighted by molar-refractivity contribution is 5.99. The Morgan fingerprint density at radius 3 is 2.17 bits per heavy atom. The van der Waals surface area contributed by atoms with Crippen LogP contribution in [0.4, 0.5) is 0 Å². The van der Waals surface area contributed by atoms with Gasteiger partial charge in [0.1, 0.15) is 5.75 Å². The standard InChI is InChI=1S/C29H28N2O4/c32-27(33)14-12-22-11-13-26-25(19-22)28(34)31(21-24-9-5-2-6-10-24)29(35-26)15-17-30(18-16-29)20-23-7-3-1-4-8-23/h1-14,19H,15-18,20-21H2,(H,32,33). The van der Waals surface area contributed by atoms with E-state index in [0.717, 1.165) is 31.3 Å². The quantitative estimate of drug-likeness (QED) is 0.526. The van der Waals surface area contributed by atoms with Gasteiger partial charge in [-0.1, -0.05) is 66.7 Å². The topological polar surface area (TPSA) is 70.1 Å². The van der Waals surface area contributed by atoms with Crippen LogP contribution in [0.3, 0.4) is 0 Å². The van der Waals surface area contributed by atoms with Gasteiger partial charge < -0.3 is 9.84 Å². The normalized spacial score (nSPS) is 17.4. The number of carboxylic acid groups (broad SMARTS) is 1. The zero-order chi connectivity index (χ0) is 24.3. The van der Waals surface area contributed by atoms with Gasteiger partial charge in [-0.15, -0.1) is 0 Å². The molecule has 35 heavy (non-hydrogen) atoms. The summed E-state index contributed by atoms with van der Waals surface area (Å²) in [5.74, 6) is -0.558. The third-order valence-corrected chi connectivity index (χ3v) is 6.76. The minimum absolute atomic E-state index is 0.0859. The summed E-state index contributed by atoms with van der Waals surface area (Å²) in [6.45, 7) is 2.97. The summed E-state index contributed by atoms with van der Waals surface area (Å²) in [5.41, 5.74) is 2.71. The van der Waals surface area contributed by atoms with E-state index in [2.05, 4.69) is 29.2 Å². The SMILES string of the molecule is O=C(O)C=Cc1ccc2c(c1)C(=O)N(Cc1ccccc1)C1(CCN(Cc3ccccc3)CC1)O2. The molecule has 1 spiro atoms. The van der Waals surface area contributed by atoms with Crippen molar-refractivity contribution in [2.24, 2.45) is 0 Å². The molecule has 2 aliphatic heterocycles. The van der Waals surface area contributed by atoms with Gasteiger partial charge in [-0.3, -0.25) is 14.6 Å². The Labute approximate surface area is 205 Å². The number of carbonyl (C=O) groups excluding carboxylic acids is 1. The highest BCUT2D eigenvalue weighted by Gasteiger charge is 2.48. The van der Waals surface area contributed by atoms with Crippen LogP contribution < -0.4 is 4.74 Å². The first-order valence-electron chi connectivity index (χ1n) is 11.9. The first-order valence-corrected chi connectivity index (χ1v) is 11.9. The van der Waals surface area contributed by atoms with E-state index in [1.807, 2.05) is 41.3 Å². The molecule has 0 unspecified atom stereocenters. The molecular weight excluding hydrogens is 440 g/mol. The number of nitrogens with zero attached hydrogens (tertiary/aromatic N) is 2. The average Bonchev–Trinajstić information content (AvgIpc) is 2.88. The lowest BCUT2D eigenvalue weighted by Crippen LogP contribution is -2.62. The Balaban J connectivity index is 1.43. The number of ether oxygens (including phenoxy) is 1. The van der Waals surface area contributed by atoms with Crippen LogP contribution >= 0.6 is 0 Å². The predicted molar refractivity (Wildman–Crippen MR) is 134 cm³/mol. The van der Waals surface area contributed by atoms with Gasteiger partial charge >= 0.3 is 5.97 Å². The van der Waals surface area contributed by atoms with Crippen LogP contribution in [0.5, 0.6) is 5.75 Å². The third-order valence-electron chi connectivity index (χ3n) is 6.76. The van der Waals surface area contributed by atoms with E-state index >= 15 is 0 Å². The summed E-state index contributed by atoms with van der Waals surface area (Å²) in [6.07, 6.45) is 3.97. The molecule has 2 heterocycles. The van der Waals surface area contributed by atoms with E-state index < -0.39 is 11.7 Å². The number of hydrogen-bond donors (Lipinski definition) is 1. The lowest BCUT2D eigenvalue weighted by Gasteiger charge is -2.51. The Morgan fingerprint density at radius 2 is 1.54 bits per heavy atom. The molecule has 1 N–H and O–H groups in total. The molecule has 5 rings (SSSR count). The van der Waals surface area contributed by atoms with Crippen LogP contribution in [0.15, 0.2) is 84.9 Å². The Morgan fingerprint density at radius 1 is 0.914 bits per heavy atom. The molecule has 6 heteroatoms. The van der Waals surface area contributed by atoms with Crippen molar-refractivity contribution in [1.29, 1.82) is 0 Å². The van der Waals surface area contributed by atoms with Gasteiger partial charge in [-0.05, 0) is 34.9 Å². The monoisotopic (exact) mass is 468 g/mol. The summed E-state index contributed by atoms with van der Waals surface area (Å²) in [5, 5.41) is 8.96. The van der Waals surface area contributed by atoms with Gasteiger partial charge in [0.15, 0.2) is 5.72 Å². The summed E-state index contributed by atoms with van der Waals surface area (Å²) in [7, 11) is 0. The maximum absolute atomic E-state index is 13.8. The van der Waals surface area contributed by atoms with Gasteiger partial charge in [0.25, 0.3) is 5.91 Å². The minimum atomic E-state index is -1.03. The van der Waals surface area contributed by atoms with E-state index in [1.54, 1.807) is 18.2 Å². The molecule has 6 nitrogen and oxygen atoms in total. The molecule has 0 aromatic heterocycles. The summed E-state index contributed by atoms with van der Waals surface area (Å²) in [6, 6.07) is 25.7. The molecule has 3 aromatic carbocycles. The van der Waals surface area contributed by atoms with Crippen molar-refractivity contribution in [3.63, 3.8) is 0 Å². The highest BCUT2D eigenvalue weighted by atomic mass is 16.5.